The summed E-state index contributed by atoms with van der Waals surface area (Å²) in [5, 5.41) is 5.72. The van der Waals surface area contributed by atoms with E-state index in [9.17, 15) is 13.6 Å². The first-order chi connectivity index (χ1) is 11.3. The molecule has 0 atom stereocenters. The number of rotatable bonds is 6. The Balaban J connectivity index is 1.93. The highest BCUT2D eigenvalue weighted by Gasteiger charge is 2.10. The van der Waals surface area contributed by atoms with Crippen molar-refractivity contribution >= 4 is 28.9 Å². The number of carbonyl (C=O) groups is 1. The second-order valence-corrected chi connectivity index (χ2v) is 5.65. The molecule has 7 heteroatoms. The summed E-state index contributed by atoms with van der Waals surface area (Å²) in [4.78, 5) is 12.0. The summed E-state index contributed by atoms with van der Waals surface area (Å²) >= 11 is 5.86. The fourth-order valence-corrected chi connectivity index (χ4v) is 2.36. The Morgan fingerprint density at radius 2 is 1.96 bits per heavy atom. The van der Waals surface area contributed by atoms with E-state index in [0.717, 1.165) is 16.8 Å². The molecule has 0 spiro atoms. The molecule has 1 amide bonds. The number of aryl methyl sites for hydroxylation is 2. The van der Waals surface area contributed by atoms with Crippen LogP contribution in [0.2, 0.25) is 5.02 Å². The standard InChI is InChI=1S/C17H17ClF2N2O2/c1-10-3-5-14(11(2)7-10)22-16(23)9-21-12-4-6-15(13(18)8-12)24-17(19)20/h3-8,17,21H,9H2,1-2H3,(H,22,23). The fourth-order valence-electron chi connectivity index (χ4n) is 2.13. The van der Waals surface area contributed by atoms with Crippen molar-refractivity contribution in [3.8, 4) is 5.75 Å². The van der Waals surface area contributed by atoms with E-state index in [-0.39, 0.29) is 23.2 Å². The smallest absolute Gasteiger partial charge is 0.387 e. The van der Waals surface area contributed by atoms with Crippen LogP contribution in [0.4, 0.5) is 20.2 Å². The fraction of sp³-hybridized carbons (Fsp3) is 0.235. The van der Waals surface area contributed by atoms with E-state index in [4.69, 9.17) is 11.6 Å². The zero-order chi connectivity index (χ0) is 17.7. The molecule has 2 aromatic carbocycles. The van der Waals surface area contributed by atoms with E-state index in [1.807, 2.05) is 32.0 Å². The minimum absolute atomic E-state index is 0.0126. The third kappa shape index (κ3) is 5.09. The van der Waals surface area contributed by atoms with Crippen LogP contribution in [0.25, 0.3) is 0 Å². The third-order valence-corrected chi connectivity index (χ3v) is 3.55. The van der Waals surface area contributed by atoms with Gasteiger partial charge in [-0.1, -0.05) is 29.3 Å². The Labute approximate surface area is 143 Å². The van der Waals surface area contributed by atoms with Crippen LogP contribution >= 0.6 is 11.6 Å². The summed E-state index contributed by atoms with van der Waals surface area (Å²) in [6, 6.07) is 9.98. The van der Waals surface area contributed by atoms with Gasteiger partial charge in [0.15, 0.2) is 0 Å². The van der Waals surface area contributed by atoms with Crippen LogP contribution < -0.4 is 15.4 Å². The largest absolute Gasteiger partial charge is 0.433 e. The number of nitrogens with one attached hydrogen (secondary N) is 2. The van der Waals surface area contributed by atoms with Crippen molar-refractivity contribution in [1.29, 1.82) is 0 Å². The molecule has 0 heterocycles. The summed E-state index contributed by atoms with van der Waals surface area (Å²) < 4.78 is 28.6. The van der Waals surface area contributed by atoms with Crippen LogP contribution in [0.5, 0.6) is 5.75 Å². The average Bonchev–Trinajstić information content (AvgIpc) is 2.50. The molecule has 128 valence electrons. The van der Waals surface area contributed by atoms with Crippen LogP contribution in [0.1, 0.15) is 11.1 Å². The normalized spacial score (nSPS) is 10.6. The number of benzene rings is 2. The highest BCUT2D eigenvalue weighted by molar-refractivity contribution is 6.32. The van der Waals surface area contributed by atoms with Crippen molar-refractivity contribution in [1.82, 2.24) is 0 Å². The van der Waals surface area contributed by atoms with Gasteiger partial charge in [0, 0.05) is 11.4 Å². The van der Waals surface area contributed by atoms with Crippen molar-refractivity contribution in [2.24, 2.45) is 0 Å². The van der Waals surface area contributed by atoms with Gasteiger partial charge in [0.25, 0.3) is 0 Å². The minimum Gasteiger partial charge on any atom is -0.433 e. The van der Waals surface area contributed by atoms with Gasteiger partial charge in [0.1, 0.15) is 5.75 Å². The second-order valence-electron chi connectivity index (χ2n) is 5.24. The van der Waals surface area contributed by atoms with Gasteiger partial charge in [-0.15, -0.1) is 0 Å². The van der Waals surface area contributed by atoms with Crippen LogP contribution in [-0.4, -0.2) is 19.1 Å². The zero-order valence-corrected chi connectivity index (χ0v) is 14.0. The molecule has 0 saturated heterocycles. The van der Waals surface area contributed by atoms with Gasteiger partial charge in [-0.25, -0.2) is 0 Å². The Bertz CT molecular complexity index is 739. The maximum Gasteiger partial charge on any atom is 0.387 e. The van der Waals surface area contributed by atoms with Crippen LogP contribution in [0.15, 0.2) is 36.4 Å². The Kier molecular flexibility index (Phi) is 5.98. The molecule has 0 aromatic heterocycles. The van der Waals surface area contributed by atoms with Gasteiger partial charge in [-0.3, -0.25) is 4.79 Å². The first-order valence-electron chi connectivity index (χ1n) is 7.20. The lowest BCUT2D eigenvalue weighted by molar-refractivity contribution is -0.114. The van der Waals surface area contributed by atoms with E-state index in [0.29, 0.717) is 5.69 Å². The first-order valence-corrected chi connectivity index (χ1v) is 7.58. The lowest BCUT2D eigenvalue weighted by Gasteiger charge is -2.12. The van der Waals surface area contributed by atoms with Gasteiger partial charge in [-0.05, 0) is 43.7 Å². The van der Waals surface area contributed by atoms with Crippen LogP contribution in [0.3, 0.4) is 0 Å². The van der Waals surface area contributed by atoms with Crippen molar-refractivity contribution in [3.63, 3.8) is 0 Å². The molecular formula is C17H17ClF2N2O2. The number of halogens is 3. The summed E-state index contributed by atoms with van der Waals surface area (Å²) in [6.07, 6.45) is 0. The number of anilines is 2. The molecule has 2 aromatic rings. The lowest BCUT2D eigenvalue weighted by Crippen LogP contribution is -2.22. The lowest BCUT2D eigenvalue weighted by atomic mass is 10.1. The average molecular weight is 355 g/mol. The summed E-state index contributed by atoms with van der Waals surface area (Å²) in [5.74, 6) is -0.345. The molecule has 0 aliphatic rings. The number of amides is 1. The topological polar surface area (TPSA) is 50.4 Å². The van der Waals surface area contributed by atoms with E-state index >= 15 is 0 Å². The Morgan fingerprint density at radius 3 is 2.58 bits per heavy atom. The zero-order valence-electron chi connectivity index (χ0n) is 13.2. The monoisotopic (exact) mass is 354 g/mol. The minimum atomic E-state index is -2.94. The summed E-state index contributed by atoms with van der Waals surface area (Å²) in [6.45, 7) is 0.964. The second kappa shape index (κ2) is 7.97. The van der Waals surface area contributed by atoms with E-state index < -0.39 is 6.61 Å². The molecular weight excluding hydrogens is 338 g/mol. The molecule has 0 fully saturated rings. The molecule has 2 rings (SSSR count). The molecule has 2 N–H and O–H groups in total. The first kappa shape index (κ1) is 18.0. The van der Waals surface area contributed by atoms with Gasteiger partial charge in [-0.2, -0.15) is 8.78 Å². The molecule has 0 saturated carbocycles. The molecule has 0 aliphatic heterocycles. The number of ether oxygens (including phenoxy) is 1. The van der Waals surface area contributed by atoms with E-state index in [1.54, 1.807) is 0 Å². The maximum atomic E-state index is 12.2. The third-order valence-electron chi connectivity index (χ3n) is 3.26. The highest BCUT2D eigenvalue weighted by atomic mass is 35.5. The molecule has 24 heavy (non-hydrogen) atoms. The van der Waals surface area contributed by atoms with Crippen molar-refractivity contribution in [3.05, 3.63) is 52.5 Å². The van der Waals surface area contributed by atoms with Crippen LogP contribution in [-0.2, 0) is 4.79 Å². The predicted molar refractivity (Wildman–Crippen MR) is 91.1 cm³/mol. The number of hydrogen-bond acceptors (Lipinski definition) is 3. The molecule has 0 aliphatic carbocycles. The summed E-state index contributed by atoms with van der Waals surface area (Å²) in [5.41, 5.74) is 3.35. The van der Waals surface area contributed by atoms with Crippen molar-refractivity contribution in [2.75, 3.05) is 17.2 Å². The van der Waals surface area contributed by atoms with Crippen LogP contribution in [0, 0.1) is 13.8 Å². The Morgan fingerprint density at radius 1 is 1.21 bits per heavy atom. The van der Waals surface area contributed by atoms with Gasteiger partial charge in [0.05, 0.1) is 11.6 Å². The van der Waals surface area contributed by atoms with Crippen molar-refractivity contribution in [2.45, 2.75) is 20.5 Å². The van der Waals surface area contributed by atoms with Gasteiger partial charge >= 0.3 is 6.61 Å². The van der Waals surface area contributed by atoms with Gasteiger partial charge < -0.3 is 15.4 Å². The molecule has 0 unspecified atom stereocenters. The Hall–Kier alpha value is -2.34. The quantitative estimate of drug-likeness (QED) is 0.796. The maximum absolute atomic E-state index is 12.2. The van der Waals surface area contributed by atoms with Gasteiger partial charge in [0.2, 0.25) is 5.91 Å². The molecule has 0 radical (unpaired) electrons. The molecule has 4 nitrogen and oxygen atoms in total. The van der Waals surface area contributed by atoms with Crippen molar-refractivity contribution < 1.29 is 18.3 Å². The number of carbonyl (C=O) groups excluding carboxylic acids is 1. The summed E-state index contributed by atoms with van der Waals surface area (Å²) in [7, 11) is 0. The van der Waals surface area contributed by atoms with E-state index in [2.05, 4.69) is 15.4 Å². The molecule has 0 bridgehead atoms. The number of alkyl halides is 2. The highest BCUT2D eigenvalue weighted by Crippen LogP contribution is 2.28. The number of hydrogen-bond donors (Lipinski definition) is 2. The SMILES string of the molecule is Cc1ccc(NC(=O)CNc2ccc(OC(F)F)c(Cl)c2)c(C)c1. The van der Waals surface area contributed by atoms with E-state index in [1.165, 1.54) is 18.2 Å². The predicted octanol–water partition coefficient (Wildman–Crippen LogP) is 4.61.